The van der Waals surface area contributed by atoms with E-state index in [-0.39, 0.29) is 0 Å². The second-order valence-electron chi connectivity index (χ2n) is 18.4. The van der Waals surface area contributed by atoms with Crippen LogP contribution in [0.3, 0.4) is 0 Å². The predicted molar refractivity (Wildman–Crippen MR) is 295 cm³/mol. The monoisotopic (exact) mass is 902 g/mol. The molecule has 1 heterocycles. The molecular weight excluding hydrogens is 857 g/mol. The standard InChI is InChI=1S/C69H46N2/c1-5-18-47(19-6-1)48-34-38-51(39-35-48)66-46-67(71-68(70-66)52-20-7-2-8-21-52)63-43-42-58(59-28-13-14-29-60(59)63)50-36-32-49(33-37-50)53-22-17-23-54(44-53)55-40-41-62-61-30-15-16-31-64(61)69(65(62)45-55,56-24-9-3-10-25-56)57-26-11-4-12-27-57/h1-46H. The molecule has 0 saturated heterocycles. The molecule has 2 heteroatoms. The Labute approximate surface area is 414 Å². The van der Waals surface area contributed by atoms with Gasteiger partial charge in [-0.15, -0.1) is 0 Å². The highest BCUT2D eigenvalue weighted by Gasteiger charge is 2.46. The molecule has 1 aliphatic carbocycles. The van der Waals surface area contributed by atoms with Gasteiger partial charge in [0.25, 0.3) is 0 Å². The van der Waals surface area contributed by atoms with Crippen molar-refractivity contribution in [1.29, 1.82) is 0 Å². The molecule has 1 aliphatic rings. The van der Waals surface area contributed by atoms with Crippen molar-refractivity contribution in [2.24, 2.45) is 0 Å². The average molecular weight is 903 g/mol. The van der Waals surface area contributed by atoms with E-state index in [9.17, 15) is 0 Å². The Morgan fingerprint density at radius 2 is 0.648 bits per heavy atom. The zero-order valence-electron chi connectivity index (χ0n) is 39.0. The van der Waals surface area contributed by atoms with E-state index < -0.39 is 5.41 Å². The van der Waals surface area contributed by atoms with Gasteiger partial charge in [-0.05, 0) is 107 Å². The Bertz CT molecular complexity index is 3840. The van der Waals surface area contributed by atoms with E-state index in [1.54, 1.807) is 0 Å². The number of fused-ring (bicyclic) bond motifs is 4. The highest BCUT2D eigenvalue weighted by Crippen LogP contribution is 2.56. The van der Waals surface area contributed by atoms with Gasteiger partial charge >= 0.3 is 0 Å². The number of aromatic nitrogens is 2. The SMILES string of the molecule is c1ccc(-c2ccc(-c3cc(-c4ccc(-c5ccc(-c6cccc(-c7ccc8c(c7)C(c7ccccc7)(c7ccccc7)c7ccccc7-8)c6)cc5)c5ccccc45)nc(-c4ccccc4)n3)cc2)cc1. The highest BCUT2D eigenvalue weighted by molar-refractivity contribution is 6.05. The Morgan fingerprint density at radius 1 is 0.225 bits per heavy atom. The first kappa shape index (κ1) is 41.9. The number of rotatable bonds is 9. The van der Waals surface area contributed by atoms with Crippen LogP contribution in [0, 0.1) is 0 Å². The van der Waals surface area contributed by atoms with E-state index in [4.69, 9.17) is 9.97 Å². The molecule has 11 aromatic carbocycles. The predicted octanol–water partition coefficient (Wildman–Crippen LogP) is 17.7. The van der Waals surface area contributed by atoms with E-state index in [2.05, 4.69) is 261 Å². The second-order valence-corrected chi connectivity index (χ2v) is 18.4. The molecule has 0 unspecified atom stereocenters. The van der Waals surface area contributed by atoms with Gasteiger partial charge in [0.2, 0.25) is 0 Å². The van der Waals surface area contributed by atoms with Crippen molar-refractivity contribution in [2.75, 3.05) is 0 Å². The van der Waals surface area contributed by atoms with Gasteiger partial charge in [0, 0.05) is 16.7 Å². The van der Waals surface area contributed by atoms with Crippen LogP contribution in [0.1, 0.15) is 22.3 Å². The van der Waals surface area contributed by atoms with E-state index >= 15 is 0 Å². The molecule has 0 atom stereocenters. The summed E-state index contributed by atoms with van der Waals surface area (Å²) >= 11 is 0. The molecule has 332 valence electrons. The summed E-state index contributed by atoms with van der Waals surface area (Å²) in [7, 11) is 0. The van der Waals surface area contributed by atoms with Crippen LogP contribution in [-0.4, -0.2) is 9.97 Å². The first-order valence-corrected chi connectivity index (χ1v) is 24.4. The maximum Gasteiger partial charge on any atom is 0.160 e. The molecule has 0 N–H and O–H groups in total. The van der Waals surface area contributed by atoms with E-state index in [1.807, 2.05) is 18.2 Å². The van der Waals surface area contributed by atoms with Crippen LogP contribution >= 0.6 is 0 Å². The minimum atomic E-state index is -0.445. The molecule has 2 nitrogen and oxygen atoms in total. The Balaban J connectivity index is 0.848. The van der Waals surface area contributed by atoms with Gasteiger partial charge in [0.15, 0.2) is 5.82 Å². The summed E-state index contributed by atoms with van der Waals surface area (Å²) in [5, 5.41) is 2.32. The normalized spacial score (nSPS) is 12.3. The lowest BCUT2D eigenvalue weighted by molar-refractivity contribution is 0.769. The zero-order chi connectivity index (χ0) is 47.1. The quantitative estimate of drug-likeness (QED) is 0.144. The molecular formula is C69H46N2. The fourth-order valence-corrected chi connectivity index (χ4v) is 11.0. The molecule has 12 aromatic rings. The molecule has 0 bridgehead atoms. The van der Waals surface area contributed by atoms with Crippen LogP contribution in [0.4, 0.5) is 0 Å². The van der Waals surface area contributed by atoms with Gasteiger partial charge in [0.1, 0.15) is 0 Å². The molecule has 13 rings (SSSR count). The topological polar surface area (TPSA) is 25.8 Å². The fourth-order valence-electron chi connectivity index (χ4n) is 11.0. The Kier molecular flexibility index (Phi) is 10.4. The van der Waals surface area contributed by atoms with Crippen molar-refractivity contribution < 1.29 is 0 Å². The minimum absolute atomic E-state index is 0.445. The Morgan fingerprint density at radius 3 is 1.32 bits per heavy atom. The largest absolute Gasteiger partial charge is 0.228 e. The fraction of sp³-hybridized carbons (Fsp3) is 0.0145. The lowest BCUT2D eigenvalue weighted by Gasteiger charge is -2.34. The van der Waals surface area contributed by atoms with Gasteiger partial charge < -0.3 is 0 Å². The van der Waals surface area contributed by atoms with Crippen LogP contribution in [0.2, 0.25) is 0 Å². The lowest BCUT2D eigenvalue weighted by atomic mass is 9.67. The van der Waals surface area contributed by atoms with Gasteiger partial charge in [-0.25, -0.2) is 9.97 Å². The van der Waals surface area contributed by atoms with Crippen LogP contribution in [0.15, 0.2) is 279 Å². The van der Waals surface area contributed by atoms with Crippen LogP contribution in [0.25, 0.3) is 100 Å². The van der Waals surface area contributed by atoms with Crippen molar-refractivity contribution >= 4 is 10.8 Å². The molecule has 0 saturated carbocycles. The Hall–Kier alpha value is -9.24. The molecule has 0 aliphatic heterocycles. The number of hydrogen-bond acceptors (Lipinski definition) is 2. The molecule has 0 fully saturated rings. The molecule has 71 heavy (non-hydrogen) atoms. The molecule has 0 radical (unpaired) electrons. The summed E-state index contributed by atoms with van der Waals surface area (Å²) in [5.41, 5.74) is 21.6. The number of benzene rings is 11. The molecule has 0 amide bonds. The smallest absolute Gasteiger partial charge is 0.160 e. The van der Waals surface area contributed by atoms with Crippen LogP contribution in [-0.2, 0) is 5.41 Å². The van der Waals surface area contributed by atoms with Crippen LogP contribution in [0.5, 0.6) is 0 Å². The summed E-state index contributed by atoms with van der Waals surface area (Å²) < 4.78 is 0. The zero-order valence-corrected chi connectivity index (χ0v) is 39.0. The van der Waals surface area contributed by atoms with E-state index in [1.165, 1.54) is 77.7 Å². The average Bonchev–Trinajstić information content (AvgIpc) is 3.77. The summed E-state index contributed by atoms with van der Waals surface area (Å²) in [5.74, 6) is 0.701. The van der Waals surface area contributed by atoms with E-state index in [0.717, 1.165) is 39.0 Å². The van der Waals surface area contributed by atoms with Gasteiger partial charge in [-0.2, -0.15) is 0 Å². The first-order chi connectivity index (χ1) is 35.2. The van der Waals surface area contributed by atoms with Crippen molar-refractivity contribution in [3.05, 3.63) is 301 Å². The number of hydrogen-bond donors (Lipinski definition) is 0. The summed E-state index contributed by atoms with van der Waals surface area (Å²) in [4.78, 5) is 10.4. The maximum absolute atomic E-state index is 5.24. The van der Waals surface area contributed by atoms with Crippen molar-refractivity contribution in [3.63, 3.8) is 0 Å². The number of nitrogens with zero attached hydrogens (tertiary/aromatic N) is 2. The molecule has 1 aromatic heterocycles. The maximum atomic E-state index is 5.24. The van der Waals surface area contributed by atoms with Gasteiger partial charge in [0.05, 0.1) is 16.8 Å². The minimum Gasteiger partial charge on any atom is -0.228 e. The third-order valence-electron chi connectivity index (χ3n) is 14.4. The van der Waals surface area contributed by atoms with Crippen molar-refractivity contribution in [2.45, 2.75) is 5.41 Å². The summed E-state index contributed by atoms with van der Waals surface area (Å²) in [6.07, 6.45) is 0. The van der Waals surface area contributed by atoms with Gasteiger partial charge in [-0.1, -0.05) is 261 Å². The third kappa shape index (κ3) is 7.37. The van der Waals surface area contributed by atoms with Crippen molar-refractivity contribution in [3.8, 4) is 89.5 Å². The highest BCUT2D eigenvalue weighted by atomic mass is 14.9. The lowest BCUT2D eigenvalue weighted by Crippen LogP contribution is -2.28. The van der Waals surface area contributed by atoms with Gasteiger partial charge in [-0.3, -0.25) is 0 Å². The van der Waals surface area contributed by atoms with E-state index in [0.29, 0.717) is 5.82 Å². The first-order valence-electron chi connectivity index (χ1n) is 24.4. The molecule has 0 spiro atoms. The van der Waals surface area contributed by atoms with Crippen molar-refractivity contribution in [1.82, 2.24) is 9.97 Å². The van der Waals surface area contributed by atoms with Crippen LogP contribution < -0.4 is 0 Å². The summed E-state index contributed by atoms with van der Waals surface area (Å²) in [6, 6.07) is 101. The summed E-state index contributed by atoms with van der Waals surface area (Å²) in [6.45, 7) is 0. The second kappa shape index (κ2) is 17.7. The third-order valence-corrected chi connectivity index (χ3v) is 14.4.